The molecule has 3 heterocycles. The fourth-order valence-electron chi connectivity index (χ4n) is 3.62. The molecule has 0 amide bonds. The summed E-state index contributed by atoms with van der Waals surface area (Å²) in [5.74, 6) is 1.53. The Bertz CT molecular complexity index is 912. The van der Waals surface area contributed by atoms with Gasteiger partial charge in [0.15, 0.2) is 15.7 Å². The summed E-state index contributed by atoms with van der Waals surface area (Å²) in [6.07, 6.45) is 2.25. The van der Waals surface area contributed by atoms with Crippen LogP contribution in [0.4, 0.5) is 17.5 Å². The Balaban J connectivity index is 1.38. The molecule has 2 aromatic rings. The number of benzene rings is 1. The lowest BCUT2D eigenvalue weighted by Gasteiger charge is -2.36. The quantitative estimate of drug-likeness (QED) is 0.833. The normalized spacial score (nSPS) is 22.0. The first-order chi connectivity index (χ1) is 13.0. The predicted octanol–water partition coefficient (Wildman–Crippen LogP) is 1.11. The predicted molar refractivity (Wildman–Crippen MR) is 106 cm³/mol. The molecule has 1 aromatic carbocycles. The highest BCUT2D eigenvalue weighted by Crippen LogP contribution is 2.21. The summed E-state index contributed by atoms with van der Waals surface area (Å²) in [4.78, 5) is 9.12. The van der Waals surface area contributed by atoms with Gasteiger partial charge in [-0.25, -0.2) is 8.42 Å². The van der Waals surface area contributed by atoms with E-state index in [0.29, 0.717) is 12.4 Å². The lowest BCUT2D eigenvalue weighted by molar-refractivity contribution is 0.602. The largest absolute Gasteiger partial charge is 0.368 e. The Hall–Kier alpha value is -2.42. The van der Waals surface area contributed by atoms with Gasteiger partial charge in [0.25, 0.3) is 0 Å². The molecule has 0 bridgehead atoms. The smallest absolute Gasteiger partial charge is 0.244 e. The number of hydrogen-bond donors (Lipinski definition) is 1. The third kappa shape index (κ3) is 4.29. The zero-order chi connectivity index (χ0) is 18.9. The van der Waals surface area contributed by atoms with Crippen molar-refractivity contribution in [3.63, 3.8) is 0 Å². The molecule has 1 aromatic heterocycles. The van der Waals surface area contributed by atoms with Gasteiger partial charge in [0.2, 0.25) is 5.95 Å². The Kier molecular flexibility index (Phi) is 4.86. The van der Waals surface area contributed by atoms with Crippen LogP contribution in [0.5, 0.6) is 0 Å². The monoisotopic (exact) mass is 388 g/mol. The van der Waals surface area contributed by atoms with E-state index in [1.165, 1.54) is 11.3 Å². The van der Waals surface area contributed by atoms with Crippen LogP contribution in [0, 0.1) is 6.92 Å². The third-order valence-electron chi connectivity index (χ3n) is 5.08. The van der Waals surface area contributed by atoms with Crippen LogP contribution in [0.1, 0.15) is 12.0 Å². The van der Waals surface area contributed by atoms with Crippen LogP contribution in [0.25, 0.3) is 0 Å². The molecule has 8 nitrogen and oxygen atoms in total. The number of sulfone groups is 1. The maximum Gasteiger partial charge on any atom is 0.244 e. The summed E-state index contributed by atoms with van der Waals surface area (Å²) in [7, 11) is -2.94. The molecule has 0 aliphatic carbocycles. The SMILES string of the molecule is Cc1cccc(N2CCN(c3cnnc(NC4CCS(=O)(=O)C4)n3)CC2)c1. The van der Waals surface area contributed by atoms with E-state index in [9.17, 15) is 8.42 Å². The Morgan fingerprint density at radius 2 is 1.93 bits per heavy atom. The minimum atomic E-state index is -2.94. The lowest BCUT2D eigenvalue weighted by Crippen LogP contribution is -2.47. The van der Waals surface area contributed by atoms with E-state index >= 15 is 0 Å². The zero-order valence-corrected chi connectivity index (χ0v) is 16.2. The molecular formula is C18H24N6O2S. The molecule has 9 heteroatoms. The summed E-state index contributed by atoms with van der Waals surface area (Å²) < 4.78 is 23.2. The van der Waals surface area contributed by atoms with Crippen LogP contribution in [-0.2, 0) is 9.84 Å². The number of aryl methyl sites for hydroxylation is 1. The average molecular weight is 388 g/mol. The number of rotatable bonds is 4. The minimum Gasteiger partial charge on any atom is -0.368 e. The van der Waals surface area contributed by atoms with Crippen molar-refractivity contribution in [3.05, 3.63) is 36.0 Å². The summed E-state index contributed by atoms with van der Waals surface area (Å²) in [6, 6.07) is 8.42. The highest BCUT2D eigenvalue weighted by molar-refractivity contribution is 7.91. The van der Waals surface area contributed by atoms with Crippen LogP contribution >= 0.6 is 0 Å². The van der Waals surface area contributed by atoms with Crippen LogP contribution in [-0.4, -0.2) is 67.3 Å². The van der Waals surface area contributed by atoms with E-state index < -0.39 is 9.84 Å². The van der Waals surface area contributed by atoms with Gasteiger partial charge in [-0.15, -0.1) is 5.10 Å². The van der Waals surface area contributed by atoms with E-state index in [2.05, 4.69) is 61.5 Å². The van der Waals surface area contributed by atoms with Gasteiger partial charge in [-0.2, -0.15) is 10.1 Å². The van der Waals surface area contributed by atoms with E-state index in [4.69, 9.17) is 0 Å². The molecule has 2 aliphatic rings. The highest BCUT2D eigenvalue weighted by atomic mass is 32.2. The molecule has 0 spiro atoms. The van der Waals surface area contributed by atoms with Crippen LogP contribution in [0.15, 0.2) is 30.5 Å². The standard InChI is InChI=1S/C18H24N6O2S/c1-14-3-2-4-16(11-14)23-6-8-24(9-7-23)17-12-19-22-18(21-17)20-15-5-10-27(25,26)13-15/h2-4,11-12,15H,5-10,13H2,1H3,(H,20,21,22). The van der Waals surface area contributed by atoms with Gasteiger partial charge in [0.1, 0.15) is 0 Å². The molecular weight excluding hydrogens is 364 g/mol. The van der Waals surface area contributed by atoms with Gasteiger partial charge < -0.3 is 15.1 Å². The van der Waals surface area contributed by atoms with Gasteiger partial charge in [0.05, 0.1) is 17.7 Å². The van der Waals surface area contributed by atoms with Crippen molar-refractivity contribution in [1.82, 2.24) is 15.2 Å². The van der Waals surface area contributed by atoms with Crippen LogP contribution in [0.3, 0.4) is 0 Å². The molecule has 144 valence electrons. The maximum absolute atomic E-state index is 11.6. The van der Waals surface area contributed by atoms with Crippen molar-refractivity contribution in [3.8, 4) is 0 Å². The fourth-order valence-corrected chi connectivity index (χ4v) is 5.29. The fraction of sp³-hybridized carbons (Fsp3) is 0.500. The number of hydrogen-bond acceptors (Lipinski definition) is 8. The second kappa shape index (κ2) is 7.30. The van der Waals surface area contributed by atoms with Gasteiger partial charge in [-0.3, -0.25) is 0 Å². The summed E-state index contributed by atoms with van der Waals surface area (Å²) in [6.45, 7) is 5.64. The molecule has 2 saturated heterocycles. The number of nitrogens with one attached hydrogen (secondary N) is 1. The summed E-state index contributed by atoms with van der Waals surface area (Å²) in [5, 5.41) is 11.2. The molecule has 2 aliphatic heterocycles. The molecule has 1 N–H and O–H groups in total. The summed E-state index contributed by atoms with van der Waals surface area (Å²) >= 11 is 0. The van der Waals surface area contributed by atoms with Gasteiger partial charge in [-0.05, 0) is 31.0 Å². The topological polar surface area (TPSA) is 91.3 Å². The van der Waals surface area contributed by atoms with Gasteiger partial charge in [-0.1, -0.05) is 12.1 Å². The van der Waals surface area contributed by atoms with E-state index in [-0.39, 0.29) is 17.5 Å². The number of anilines is 3. The van der Waals surface area contributed by atoms with Gasteiger partial charge in [0, 0.05) is 37.9 Å². The van der Waals surface area contributed by atoms with Gasteiger partial charge >= 0.3 is 0 Å². The maximum atomic E-state index is 11.6. The van der Waals surface area contributed by atoms with Crippen molar-refractivity contribution >= 4 is 27.3 Å². The Labute approximate surface area is 159 Å². The summed E-state index contributed by atoms with van der Waals surface area (Å²) in [5.41, 5.74) is 2.51. The Morgan fingerprint density at radius 1 is 1.15 bits per heavy atom. The average Bonchev–Trinajstić information content (AvgIpc) is 3.00. The van der Waals surface area contributed by atoms with Crippen molar-refractivity contribution in [1.29, 1.82) is 0 Å². The van der Waals surface area contributed by atoms with E-state index in [0.717, 1.165) is 32.0 Å². The minimum absolute atomic E-state index is 0.134. The zero-order valence-electron chi connectivity index (χ0n) is 15.4. The number of piperazine rings is 1. The second-order valence-corrected chi connectivity index (χ2v) is 9.42. The molecule has 27 heavy (non-hydrogen) atoms. The Morgan fingerprint density at radius 3 is 2.63 bits per heavy atom. The van der Waals surface area contributed by atoms with Crippen molar-refractivity contribution in [2.45, 2.75) is 19.4 Å². The lowest BCUT2D eigenvalue weighted by atomic mass is 10.2. The molecule has 1 unspecified atom stereocenters. The third-order valence-corrected chi connectivity index (χ3v) is 6.85. The number of nitrogens with zero attached hydrogens (tertiary/aromatic N) is 5. The molecule has 0 radical (unpaired) electrons. The first kappa shape index (κ1) is 18.0. The number of aromatic nitrogens is 3. The van der Waals surface area contributed by atoms with Crippen LogP contribution in [0.2, 0.25) is 0 Å². The second-order valence-electron chi connectivity index (χ2n) is 7.20. The van der Waals surface area contributed by atoms with E-state index in [1.54, 1.807) is 6.20 Å². The first-order valence-electron chi connectivity index (χ1n) is 9.22. The first-order valence-corrected chi connectivity index (χ1v) is 11.0. The molecule has 2 fully saturated rings. The highest BCUT2D eigenvalue weighted by Gasteiger charge is 2.28. The van der Waals surface area contributed by atoms with Crippen molar-refractivity contribution in [2.75, 3.05) is 52.8 Å². The van der Waals surface area contributed by atoms with Crippen molar-refractivity contribution < 1.29 is 8.42 Å². The van der Waals surface area contributed by atoms with Crippen LogP contribution < -0.4 is 15.1 Å². The van der Waals surface area contributed by atoms with E-state index in [1.807, 2.05) is 0 Å². The molecule has 0 saturated carbocycles. The molecule has 1 atom stereocenters. The molecule has 4 rings (SSSR count). The van der Waals surface area contributed by atoms with Crippen molar-refractivity contribution in [2.24, 2.45) is 0 Å².